The second-order valence-electron chi connectivity index (χ2n) is 6.81. The monoisotopic (exact) mass is 366 g/mol. The number of aryl methyl sites for hydroxylation is 2. The number of rotatable bonds is 5. The van der Waals surface area contributed by atoms with Gasteiger partial charge in [0, 0.05) is 50.6 Å². The number of oxime groups is 1. The Balaban J connectivity index is 1.67. The lowest BCUT2D eigenvalue weighted by atomic mass is 10.1. The van der Waals surface area contributed by atoms with Crippen molar-refractivity contribution in [2.75, 3.05) is 32.7 Å². The predicted octanol–water partition coefficient (Wildman–Crippen LogP) is 3.43. The van der Waals surface area contributed by atoms with Crippen molar-refractivity contribution in [1.82, 2.24) is 14.8 Å². The molecule has 2 heterocycles. The van der Waals surface area contributed by atoms with E-state index in [1.54, 1.807) is 12.3 Å². The molecular weight excluding hydrogens is 340 g/mol. The highest BCUT2D eigenvalue weighted by molar-refractivity contribution is 5.98. The summed E-state index contributed by atoms with van der Waals surface area (Å²) in [4.78, 5) is 8.76. The number of hydrogen-bond donors (Lipinski definition) is 1. The Kier molecular flexibility index (Phi) is 6.08. The normalized spacial score (nSPS) is 15.6. The van der Waals surface area contributed by atoms with E-state index in [4.69, 9.17) is 4.74 Å². The second-order valence-corrected chi connectivity index (χ2v) is 6.81. The molecule has 1 aromatic carbocycles. The molecule has 0 aliphatic carbocycles. The highest BCUT2D eigenvalue weighted by Gasteiger charge is 2.21. The Morgan fingerprint density at radius 3 is 2.44 bits per heavy atom. The third kappa shape index (κ3) is 4.86. The highest BCUT2D eigenvalue weighted by atomic mass is 16.5. The minimum Gasteiger partial charge on any atom is -0.439 e. The summed E-state index contributed by atoms with van der Waals surface area (Å²) in [6, 6.07) is 9.72. The van der Waals surface area contributed by atoms with Crippen molar-refractivity contribution in [2.24, 2.45) is 5.16 Å². The zero-order chi connectivity index (χ0) is 19.2. The van der Waals surface area contributed by atoms with Crippen molar-refractivity contribution >= 4 is 5.84 Å². The lowest BCUT2D eigenvalue weighted by molar-refractivity contribution is 0.192. The minimum absolute atomic E-state index is 0.511. The molecule has 142 valence electrons. The van der Waals surface area contributed by atoms with Gasteiger partial charge in [-0.15, -0.1) is 6.58 Å². The first-order valence-corrected chi connectivity index (χ1v) is 9.12. The molecule has 0 radical (unpaired) electrons. The van der Waals surface area contributed by atoms with E-state index in [9.17, 15) is 5.21 Å². The van der Waals surface area contributed by atoms with E-state index in [1.807, 2.05) is 38.1 Å². The Bertz CT molecular complexity index is 789. The quantitative estimate of drug-likeness (QED) is 0.289. The van der Waals surface area contributed by atoms with E-state index in [0.29, 0.717) is 11.7 Å². The summed E-state index contributed by atoms with van der Waals surface area (Å²) in [6.45, 7) is 12.2. The third-order valence-corrected chi connectivity index (χ3v) is 4.57. The molecule has 1 aliphatic rings. The van der Waals surface area contributed by atoms with Gasteiger partial charge in [0.15, 0.2) is 5.84 Å². The Morgan fingerprint density at radius 1 is 1.19 bits per heavy atom. The number of aromatic nitrogens is 1. The van der Waals surface area contributed by atoms with Crippen LogP contribution in [0.5, 0.6) is 11.6 Å². The molecule has 0 atom stereocenters. The fourth-order valence-electron chi connectivity index (χ4n) is 3.31. The minimum atomic E-state index is 0.511. The Hall–Kier alpha value is -2.86. The van der Waals surface area contributed by atoms with Crippen LogP contribution < -0.4 is 4.74 Å². The largest absolute Gasteiger partial charge is 0.439 e. The van der Waals surface area contributed by atoms with Crippen molar-refractivity contribution in [3.05, 3.63) is 65.9 Å². The van der Waals surface area contributed by atoms with Crippen molar-refractivity contribution < 1.29 is 9.94 Å². The number of amidine groups is 1. The maximum Gasteiger partial charge on any atom is 0.219 e. The first kappa shape index (κ1) is 18.9. The summed E-state index contributed by atoms with van der Waals surface area (Å²) in [6.07, 6.45) is 3.60. The van der Waals surface area contributed by atoms with Gasteiger partial charge in [-0.05, 0) is 43.2 Å². The summed E-state index contributed by atoms with van der Waals surface area (Å²) in [5.41, 5.74) is 3.06. The van der Waals surface area contributed by atoms with Crippen LogP contribution in [0.15, 0.2) is 54.3 Å². The van der Waals surface area contributed by atoms with E-state index in [1.165, 1.54) is 0 Å². The fraction of sp³-hybridized carbons (Fsp3) is 0.333. The highest BCUT2D eigenvalue weighted by Crippen LogP contribution is 2.22. The van der Waals surface area contributed by atoms with E-state index in [0.717, 1.165) is 55.2 Å². The van der Waals surface area contributed by atoms with Crippen molar-refractivity contribution in [2.45, 2.75) is 13.8 Å². The number of benzene rings is 1. The number of pyridine rings is 1. The van der Waals surface area contributed by atoms with Gasteiger partial charge in [0.1, 0.15) is 5.75 Å². The first-order valence-electron chi connectivity index (χ1n) is 9.12. The average Bonchev–Trinajstić information content (AvgIpc) is 2.64. The molecule has 6 nitrogen and oxygen atoms in total. The first-order chi connectivity index (χ1) is 13.1. The van der Waals surface area contributed by atoms with Gasteiger partial charge >= 0.3 is 0 Å². The lowest BCUT2D eigenvalue weighted by Crippen LogP contribution is -2.48. The molecule has 1 aromatic heterocycles. The fourth-order valence-corrected chi connectivity index (χ4v) is 3.31. The molecule has 6 heteroatoms. The van der Waals surface area contributed by atoms with Crippen LogP contribution in [-0.2, 0) is 0 Å². The summed E-state index contributed by atoms with van der Waals surface area (Å²) in [5.74, 6) is 1.82. The number of piperazine rings is 1. The molecule has 0 unspecified atom stereocenters. The zero-order valence-electron chi connectivity index (χ0n) is 15.9. The molecule has 2 aromatic rings. The number of nitrogens with zero attached hydrogens (tertiary/aromatic N) is 4. The van der Waals surface area contributed by atoms with Crippen LogP contribution in [0.4, 0.5) is 0 Å². The average molecular weight is 366 g/mol. The van der Waals surface area contributed by atoms with E-state index in [2.05, 4.69) is 32.6 Å². The Morgan fingerprint density at radius 2 is 1.89 bits per heavy atom. The van der Waals surface area contributed by atoms with E-state index in [-0.39, 0.29) is 0 Å². The lowest BCUT2D eigenvalue weighted by Gasteiger charge is -2.35. The molecular formula is C21H26N4O2. The molecule has 0 saturated carbocycles. The van der Waals surface area contributed by atoms with Gasteiger partial charge in [0.2, 0.25) is 5.88 Å². The standard InChI is InChI=1S/C21H26N4O2/c1-4-7-24-8-10-25(11-9-24)21(23-26)18-5-6-20(22-15-18)27-19-13-16(2)12-17(3)14-19/h4-6,12-15,26H,1,7-11H2,2-3H3/b23-21-. The molecule has 1 saturated heterocycles. The third-order valence-electron chi connectivity index (χ3n) is 4.57. The predicted molar refractivity (Wildman–Crippen MR) is 107 cm³/mol. The smallest absolute Gasteiger partial charge is 0.219 e. The van der Waals surface area contributed by atoms with Crippen LogP contribution in [0, 0.1) is 13.8 Å². The van der Waals surface area contributed by atoms with Crippen LogP contribution in [-0.4, -0.2) is 58.6 Å². The van der Waals surface area contributed by atoms with Crippen LogP contribution in [0.1, 0.15) is 16.7 Å². The molecule has 0 spiro atoms. The maximum atomic E-state index is 9.52. The summed E-state index contributed by atoms with van der Waals surface area (Å²) in [5, 5.41) is 13.0. The molecule has 27 heavy (non-hydrogen) atoms. The number of hydrogen-bond acceptors (Lipinski definition) is 5. The SMILES string of the molecule is C=CCN1CCN(/C(=N\O)c2ccc(Oc3cc(C)cc(C)c3)nc2)CC1. The molecule has 1 N–H and O–H groups in total. The summed E-state index contributed by atoms with van der Waals surface area (Å²) >= 11 is 0. The van der Waals surface area contributed by atoms with Crippen molar-refractivity contribution in [1.29, 1.82) is 0 Å². The number of ether oxygens (including phenoxy) is 1. The molecule has 0 amide bonds. The van der Waals surface area contributed by atoms with Gasteiger partial charge in [-0.3, -0.25) is 4.90 Å². The van der Waals surface area contributed by atoms with Gasteiger partial charge in [0.05, 0.1) is 0 Å². The van der Waals surface area contributed by atoms with Crippen LogP contribution in [0.3, 0.4) is 0 Å². The van der Waals surface area contributed by atoms with Gasteiger partial charge in [-0.1, -0.05) is 17.3 Å². The van der Waals surface area contributed by atoms with Crippen LogP contribution in [0.2, 0.25) is 0 Å². The second kappa shape index (κ2) is 8.68. The molecule has 3 rings (SSSR count). The molecule has 1 fully saturated rings. The Labute approximate surface area is 160 Å². The summed E-state index contributed by atoms with van der Waals surface area (Å²) in [7, 11) is 0. The zero-order valence-corrected chi connectivity index (χ0v) is 15.9. The van der Waals surface area contributed by atoms with Gasteiger partial charge in [0.25, 0.3) is 0 Å². The van der Waals surface area contributed by atoms with Crippen LogP contribution in [0.25, 0.3) is 0 Å². The van der Waals surface area contributed by atoms with Crippen molar-refractivity contribution in [3.8, 4) is 11.6 Å². The molecule has 0 bridgehead atoms. The van der Waals surface area contributed by atoms with E-state index < -0.39 is 0 Å². The van der Waals surface area contributed by atoms with Gasteiger partial charge in [-0.2, -0.15) is 0 Å². The molecule has 1 aliphatic heterocycles. The van der Waals surface area contributed by atoms with Gasteiger partial charge < -0.3 is 14.8 Å². The summed E-state index contributed by atoms with van der Waals surface area (Å²) < 4.78 is 5.85. The van der Waals surface area contributed by atoms with Crippen LogP contribution >= 0.6 is 0 Å². The van der Waals surface area contributed by atoms with Gasteiger partial charge in [-0.25, -0.2) is 4.98 Å². The maximum absolute atomic E-state index is 9.52. The van der Waals surface area contributed by atoms with E-state index >= 15 is 0 Å². The topological polar surface area (TPSA) is 61.2 Å². The van der Waals surface area contributed by atoms with Crippen molar-refractivity contribution in [3.63, 3.8) is 0 Å².